The second-order valence-electron chi connectivity index (χ2n) is 3.68. The summed E-state index contributed by atoms with van der Waals surface area (Å²) in [6, 6.07) is 7.17. The molecular formula is C13H13FN2O3. The zero-order chi connectivity index (χ0) is 13.8. The maximum absolute atomic E-state index is 12.9. The second-order valence-corrected chi connectivity index (χ2v) is 3.68. The molecule has 1 aromatic carbocycles. The monoisotopic (exact) mass is 264 g/mol. The Morgan fingerprint density at radius 2 is 2.05 bits per heavy atom. The molecule has 0 amide bonds. The van der Waals surface area contributed by atoms with Crippen molar-refractivity contribution in [2.75, 3.05) is 13.7 Å². The Hall–Kier alpha value is -2.37. The Bertz CT molecular complexity index is 578. The van der Waals surface area contributed by atoms with Crippen molar-refractivity contribution in [1.82, 2.24) is 9.78 Å². The highest BCUT2D eigenvalue weighted by Crippen LogP contribution is 2.19. The van der Waals surface area contributed by atoms with Crippen LogP contribution >= 0.6 is 0 Å². The lowest BCUT2D eigenvalue weighted by Crippen LogP contribution is -2.06. The van der Waals surface area contributed by atoms with Crippen LogP contribution in [0.5, 0.6) is 5.88 Å². The Balaban J connectivity index is 2.39. The predicted molar refractivity (Wildman–Crippen MR) is 66.0 cm³/mol. The molecule has 6 heteroatoms. The second kappa shape index (κ2) is 5.51. The Morgan fingerprint density at radius 1 is 1.37 bits per heavy atom. The van der Waals surface area contributed by atoms with Crippen LogP contribution in [0.2, 0.25) is 0 Å². The van der Waals surface area contributed by atoms with Crippen molar-refractivity contribution >= 4 is 5.97 Å². The number of halogens is 1. The maximum atomic E-state index is 12.9. The van der Waals surface area contributed by atoms with Gasteiger partial charge < -0.3 is 9.47 Å². The van der Waals surface area contributed by atoms with E-state index in [1.165, 1.54) is 30.0 Å². The lowest BCUT2D eigenvalue weighted by atomic mass is 10.3. The van der Waals surface area contributed by atoms with Crippen molar-refractivity contribution in [3.05, 3.63) is 41.8 Å². The van der Waals surface area contributed by atoms with Gasteiger partial charge in [0, 0.05) is 6.07 Å². The van der Waals surface area contributed by atoms with Crippen LogP contribution in [0.15, 0.2) is 30.3 Å². The van der Waals surface area contributed by atoms with Gasteiger partial charge in [0.2, 0.25) is 5.88 Å². The smallest absolute Gasteiger partial charge is 0.358 e. The van der Waals surface area contributed by atoms with Crippen LogP contribution in [0.25, 0.3) is 5.69 Å². The highest BCUT2D eigenvalue weighted by atomic mass is 19.1. The standard InChI is InChI=1S/C13H13FN2O3/c1-3-19-13(17)11-8-12(18-2)16(15-11)10-6-4-9(14)5-7-10/h4-8H,3H2,1-2H3. The number of hydrogen-bond acceptors (Lipinski definition) is 4. The summed E-state index contributed by atoms with van der Waals surface area (Å²) in [5.74, 6) is -0.503. The summed E-state index contributed by atoms with van der Waals surface area (Å²) in [7, 11) is 1.46. The molecule has 0 fully saturated rings. The normalized spacial score (nSPS) is 10.3. The summed E-state index contributed by atoms with van der Waals surface area (Å²) in [6.45, 7) is 1.98. The third-order valence-electron chi connectivity index (χ3n) is 2.44. The summed E-state index contributed by atoms with van der Waals surface area (Å²) in [5.41, 5.74) is 0.733. The number of benzene rings is 1. The maximum Gasteiger partial charge on any atom is 0.358 e. The number of methoxy groups -OCH3 is 1. The van der Waals surface area contributed by atoms with Crippen LogP contribution < -0.4 is 4.74 Å². The van der Waals surface area contributed by atoms with Gasteiger partial charge in [0.15, 0.2) is 5.69 Å². The molecule has 2 aromatic rings. The molecule has 100 valence electrons. The minimum atomic E-state index is -0.526. The molecule has 0 N–H and O–H groups in total. The van der Waals surface area contributed by atoms with Crippen molar-refractivity contribution in [2.45, 2.75) is 6.92 Å². The van der Waals surface area contributed by atoms with Crippen LogP contribution in [0.1, 0.15) is 17.4 Å². The molecule has 0 aliphatic heterocycles. The van der Waals surface area contributed by atoms with Gasteiger partial charge in [-0.25, -0.2) is 13.9 Å². The first-order valence-corrected chi connectivity index (χ1v) is 5.72. The van der Waals surface area contributed by atoms with Crippen molar-refractivity contribution in [3.63, 3.8) is 0 Å². The van der Waals surface area contributed by atoms with Gasteiger partial charge in [-0.3, -0.25) is 0 Å². The van der Waals surface area contributed by atoms with E-state index < -0.39 is 5.97 Å². The first-order valence-electron chi connectivity index (χ1n) is 5.72. The van der Waals surface area contributed by atoms with E-state index in [0.717, 1.165) is 0 Å². The largest absolute Gasteiger partial charge is 0.481 e. The predicted octanol–water partition coefficient (Wildman–Crippen LogP) is 2.20. The van der Waals surface area contributed by atoms with Gasteiger partial charge >= 0.3 is 5.97 Å². The van der Waals surface area contributed by atoms with E-state index >= 15 is 0 Å². The summed E-state index contributed by atoms with van der Waals surface area (Å²) >= 11 is 0. The minimum absolute atomic E-state index is 0.142. The molecule has 0 spiro atoms. The SMILES string of the molecule is CCOC(=O)c1cc(OC)n(-c2ccc(F)cc2)n1. The summed E-state index contributed by atoms with van der Waals surface area (Å²) in [4.78, 5) is 11.6. The first-order chi connectivity index (χ1) is 9.15. The summed E-state index contributed by atoms with van der Waals surface area (Å²) < 4.78 is 24.3. The van der Waals surface area contributed by atoms with Crippen LogP contribution in [0.3, 0.4) is 0 Å². The lowest BCUT2D eigenvalue weighted by Gasteiger charge is -2.05. The Morgan fingerprint density at radius 3 is 2.63 bits per heavy atom. The van der Waals surface area contributed by atoms with Gasteiger partial charge in [0.1, 0.15) is 5.82 Å². The Kier molecular flexibility index (Phi) is 3.79. The fourth-order valence-corrected chi connectivity index (χ4v) is 1.58. The first kappa shape index (κ1) is 13.1. The van der Waals surface area contributed by atoms with Gasteiger partial charge in [-0.1, -0.05) is 0 Å². The fraction of sp³-hybridized carbons (Fsp3) is 0.231. The van der Waals surface area contributed by atoms with E-state index in [1.54, 1.807) is 19.1 Å². The number of esters is 1. The quantitative estimate of drug-likeness (QED) is 0.794. The van der Waals surface area contributed by atoms with Gasteiger partial charge in [-0.05, 0) is 31.2 Å². The van der Waals surface area contributed by atoms with Gasteiger partial charge in [0.25, 0.3) is 0 Å². The molecule has 1 heterocycles. The summed E-state index contributed by atoms with van der Waals surface area (Å²) in [6.07, 6.45) is 0. The van der Waals surface area contributed by atoms with Crippen LogP contribution in [0.4, 0.5) is 4.39 Å². The molecule has 0 aliphatic carbocycles. The number of carbonyl (C=O) groups excluding carboxylic acids is 1. The Labute approximate surface area is 109 Å². The number of rotatable bonds is 4. The van der Waals surface area contributed by atoms with Gasteiger partial charge in [0.05, 0.1) is 19.4 Å². The zero-order valence-electron chi connectivity index (χ0n) is 10.6. The van der Waals surface area contributed by atoms with Gasteiger partial charge in [-0.2, -0.15) is 5.10 Å². The lowest BCUT2D eigenvalue weighted by molar-refractivity contribution is 0.0519. The highest BCUT2D eigenvalue weighted by molar-refractivity contribution is 5.87. The molecule has 0 saturated heterocycles. The van der Waals surface area contributed by atoms with Crippen LogP contribution in [-0.4, -0.2) is 29.5 Å². The molecule has 1 aromatic heterocycles. The average molecular weight is 264 g/mol. The van der Waals surface area contributed by atoms with E-state index in [4.69, 9.17) is 9.47 Å². The zero-order valence-corrected chi connectivity index (χ0v) is 10.6. The molecule has 0 aliphatic rings. The van der Waals surface area contributed by atoms with E-state index in [1.807, 2.05) is 0 Å². The molecule has 2 rings (SSSR count). The highest BCUT2D eigenvalue weighted by Gasteiger charge is 2.16. The molecule has 5 nitrogen and oxygen atoms in total. The van der Waals surface area contributed by atoms with Crippen LogP contribution in [-0.2, 0) is 4.74 Å². The topological polar surface area (TPSA) is 53.4 Å². The number of carbonyl (C=O) groups is 1. The molecule has 0 unspecified atom stereocenters. The molecule has 0 radical (unpaired) electrons. The van der Waals surface area contributed by atoms with E-state index in [9.17, 15) is 9.18 Å². The van der Waals surface area contributed by atoms with Crippen molar-refractivity contribution < 1.29 is 18.7 Å². The number of ether oxygens (including phenoxy) is 2. The van der Waals surface area contributed by atoms with Crippen molar-refractivity contribution in [2.24, 2.45) is 0 Å². The van der Waals surface area contributed by atoms with E-state index in [0.29, 0.717) is 11.6 Å². The summed E-state index contributed by atoms with van der Waals surface area (Å²) in [5, 5.41) is 4.09. The van der Waals surface area contributed by atoms with Crippen molar-refractivity contribution in [1.29, 1.82) is 0 Å². The molecule has 0 atom stereocenters. The third-order valence-corrected chi connectivity index (χ3v) is 2.44. The van der Waals surface area contributed by atoms with Gasteiger partial charge in [-0.15, -0.1) is 0 Å². The minimum Gasteiger partial charge on any atom is -0.481 e. The molecule has 0 saturated carbocycles. The molecular weight excluding hydrogens is 251 g/mol. The average Bonchev–Trinajstić information content (AvgIpc) is 2.84. The van der Waals surface area contributed by atoms with Crippen LogP contribution in [0, 0.1) is 5.82 Å². The molecule has 19 heavy (non-hydrogen) atoms. The number of aromatic nitrogens is 2. The third kappa shape index (κ3) is 2.73. The molecule has 0 bridgehead atoms. The number of hydrogen-bond donors (Lipinski definition) is 0. The van der Waals surface area contributed by atoms with E-state index in [-0.39, 0.29) is 18.1 Å². The van der Waals surface area contributed by atoms with E-state index in [2.05, 4.69) is 5.10 Å². The fourth-order valence-electron chi connectivity index (χ4n) is 1.58. The number of nitrogens with zero attached hydrogens (tertiary/aromatic N) is 2. The van der Waals surface area contributed by atoms with Crippen molar-refractivity contribution in [3.8, 4) is 11.6 Å².